The number of carbonyl (C=O) groups excluding carboxylic acids is 1. The number of rotatable bonds is 4. The summed E-state index contributed by atoms with van der Waals surface area (Å²) in [5.74, 6) is -0.0215. The first-order valence-corrected chi connectivity index (χ1v) is 5.06. The van der Waals surface area contributed by atoms with Gasteiger partial charge in [-0.15, -0.1) is 0 Å². The van der Waals surface area contributed by atoms with E-state index in [0.29, 0.717) is 6.54 Å². The van der Waals surface area contributed by atoms with E-state index < -0.39 is 0 Å². The van der Waals surface area contributed by atoms with Crippen LogP contribution in [-0.2, 0) is 9.53 Å². The van der Waals surface area contributed by atoms with E-state index in [2.05, 4.69) is 31.4 Å². The molecule has 0 aromatic rings. The van der Waals surface area contributed by atoms with E-state index in [1.54, 1.807) is 0 Å². The van der Waals surface area contributed by atoms with Crippen LogP contribution in [0.5, 0.6) is 0 Å². The molecule has 1 heterocycles. The Balaban J connectivity index is 2.03. The molecule has 1 fully saturated rings. The molecule has 0 unspecified atom stereocenters. The molecule has 2 N–H and O–H groups in total. The zero-order chi connectivity index (χ0) is 10.6. The van der Waals surface area contributed by atoms with Gasteiger partial charge in [-0.2, -0.15) is 0 Å². The maximum Gasteiger partial charge on any atom is 0.246 e. The minimum absolute atomic E-state index is 0.0215. The molecule has 1 saturated heterocycles. The monoisotopic (exact) mass is 200 g/mol. The third-order valence-electron chi connectivity index (χ3n) is 2.01. The van der Waals surface area contributed by atoms with Crippen LogP contribution in [0.15, 0.2) is 0 Å². The highest BCUT2D eigenvalue weighted by Crippen LogP contribution is 2.10. The molecule has 0 atom stereocenters. The predicted molar refractivity (Wildman–Crippen MR) is 55.1 cm³/mol. The van der Waals surface area contributed by atoms with Crippen LogP contribution in [0.1, 0.15) is 20.8 Å². The highest BCUT2D eigenvalue weighted by Gasteiger charge is 2.18. The summed E-state index contributed by atoms with van der Waals surface area (Å²) >= 11 is 0. The Kier molecular flexibility index (Phi) is 3.89. The van der Waals surface area contributed by atoms with Crippen molar-refractivity contribution in [3.05, 3.63) is 0 Å². The SMILES string of the molecule is CC(C)(C)CNC(=O)COC1CNC1. The normalized spacial score (nSPS) is 17.6. The lowest BCUT2D eigenvalue weighted by Crippen LogP contribution is -2.49. The highest BCUT2D eigenvalue weighted by atomic mass is 16.5. The summed E-state index contributed by atoms with van der Waals surface area (Å²) in [6.45, 7) is 8.87. The smallest absolute Gasteiger partial charge is 0.246 e. The number of amides is 1. The lowest BCUT2D eigenvalue weighted by atomic mass is 9.97. The zero-order valence-electron chi connectivity index (χ0n) is 9.22. The van der Waals surface area contributed by atoms with Crippen LogP contribution in [0.3, 0.4) is 0 Å². The lowest BCUT2D eigenvalue weighted by Gasteiger charge is -2.27. The number of hydrogen-bond donors (Lipinski definition) is 2. The van der Waals surface area contributed by atoms with Crippen LogP contribution in [0.2, 0.25) is 0 Å². The van der Waals surface area contributed by atoms with Gasteiger partial charge in [0.15, 0.2) is 0 Å². The van der Waals surface area contributed by atoms with Crippen LogP contribution >= 0.6 is 0 Å². The van der Waals surface area contributed by atoms with E-state index in [4.69, 9.17) is 4.74 Å². The summed E-state index contributed by atoms with van der Waals surface area (Å²) in [5, 5.41) is 5.93. The Morgan fingerprint density at radius 2 is 2.14 bits per heavy atom. The van der Waals surface area contributed by atoms with E-state index in [9.17, 15) is 4.79 Å². The quantitative estimate of drug-likeness (QED) is 0.678. The predicted octanol–water partition coefficient (Wildman–Crippen LogP) is 0.137. The van der Waals surface area contributed by atoms with Crippen LogP contribution in [0, 0.1) is 5.41 Å². The maximum atomic E-state index is 11.3. The summed E-state index contributed by atoms with van der Waals surface area (Å²) in [6, 6.07) is 0. The molecule has 0 bridgehead atoms. The third-order valence-corrected chi connectivity index (χ3v) is 2.01. The number of carbonyl (C=O) groups is 1. The van der Waals surface area contributed by atoms with Gasteiger partial charge in [-0.05, 0) is 5.41 Å². The van der Waals surface area contributed by atoms with Crippen LogP contribution in [-0.4, -0.2) is 38.3 Å². The zero-order valence-corrected chi connectivity index (χ0v) is 9.22. The van der Waals surface area contributed by atoms with Gasteiger partial charge in [-0.3, -0.25) is 4.79 Å². The highest BCUT2D eigenvalue weighted by molar-refractivity contribution is 5.77. The van der Waals surface area contributed by atoms with Crippen molar-refractivity contribution in [3.8, 4) is 0 Å². The van der Waals surface area contributed by atoms with Gasteiger partial charge in [0.2, 0.25) is 5.91 Å². The van der Waals surface area contributed by atoms with Gasteiger partial charge in [0, 0.05) is 19.6 Å². The molecule has 0 spiro atoms. The van der Waals surface area contributed by atoms with Crippen molar-refractivity contribution >= 4 is 5.91 Å². The summed E-state index contributed by atoms with van der Waals surface area (Å²) in [4.78, 5) is 11.3. The fourth-order valence-corrected chi connectivity index (χ4v) is 0.988. The van der Waals surface area contributed by atoms with Gasteiger partial charge < -0.3 is 15.4 Å². The summed E-state index contributed by atoms with van der Waals surface area (Å²) < 4.78 is 5.33. The average Bonchev–Trinajstić information content (AvgIpc) is 1.96. The van der Waals surface area contributed by atoms with Crippen molar-refractivity contribution in [1.82, 2.24) is 10.6 Å². The molecule has 1 aliphatic heterocycles. The molecule has 4 nitrogen and oxygen atoms in total. The molecule has 14 heavy (non-hydrogen) atoms. The van der Waals surface area contributed by atoms with Crippen LogP contribution in [0.25, 0.3) is 0 Å². The maximum absolute atomic E-state index is 11.3. The largest absolute Gasteiger partial charge is 0.366 e. The fourth-order valence-electron chi connectivity index (χ4n) is 0.988. The first-order valence-electron chi connectivity index (χ1n) is 5.06. The van der Waals surface area contributed by atoms with Crippen molar-refractivity contribution < 1.29 is 9.53 Å². The van der Waals surface area contributed by atoms with Crippen molar-refractivity contribution in [1.29, 1.82) is 0 Å². The van der Waals surface area contributed by atoms with Gasteiger partial charge in [-0.25, -0.2) is 0 Å². The van der Waals surface area contributed by atoms with Gasteiger partial charge in [0.05, 0.1) is 6.10 Å². The Morgan fingerprint density at radius 1 is 1.50 bits per heavy atom. The van der Waals surface area contributed by atoms with Crippen molar-refractivity contribution in [2.45, 2.75) is 26.9 Å². The van der Waals surface area contributed by atoms with Crippen LogP contribution < -0.4 is 10.6 Å². The third kappa shape index (κ3) is 4.58. The van der Waals surface area contributed by atoms with Crippen molar-refractivity contribution in [3.63, 3.8) is 0 Å². The second kappa shape index (κ2) is 4.75. The first-order chi connectivity index (χ1) is 6.47. The summed E-state index contributed by atoms with van der Waals surface area (Å²) in [5.41, 5.74) is 0.133. The van der Waals surface area contributed by atoms with E-state index >= 15 is 0 Å². The van der Waals surface area contributed by atoms with Crippen molar-refractivity contribution in [2.75, 3.05) is 26.2 Å². The van der Waals surface area contributed by atoms with E-state index in [1.807, 2.05) is 0 Å². The molecular formula is C10H20N2O2. The number of hydrogen-bond acceptors (Lipinski definition) is 3. The van der Waals surface area contributed by atoms with Crippen molar-refractivity contribution in [2.24, 2.45) is 5.41 Å². The Bertz CT molecular complexity index is 195. The Labute approximate surface area is 85.4 Å². The molecule has 82 valence electrons. The molecule has 1 aliphatic rings. The molecule has 0 aromatic carbocycles. The minimum atomic E-state index is -0.0215. The standard InChI is InChI=1S/C10H20N2O2/c1-10(2,3)7-12-9(13)6-14-8-4-11-5-8/h8,11H,4-7H2,1-3H3,(H,12,13). The summed E-state index contributed by atoms with van der Waals surface area (Å²) in [7, 11) is 0. The molecule has 0 saturated carbocycles. The van der Waals surface area contributed by atoms with Gasteiger partial charge in [-0.1, -0.05) is 20.8 Å². The van der Waals surface area contributed by atoms with Crippen LogP contribution in [0.4, 0.5) is 0 Å². The first kappa shape index (κ1) is 11.5. The molecule has 1 amide bonds. The van der Waals surface area contributed by atoms with Gasteiger partial charge in [0.1, 0.15) is 6.61 Å². The molecule has 0 aromatic heterocycles. The lowest BCUT2D eigenvalue weighted by molar-refractivity contribution is -0.129. The number of ether oxygens (including phenoxy) is 1. The second-order valence-corrected chi connectivity index (χ2v) is 4.93. The molecule has 0 radical (unpaired) electrons. The fraction of sp³-hybridized carbons (Fsp3) is 0.900. The number of nitrogens with one attached hydrogen (secondary N) is 2. The molecule has 4 heteroatoms. The van der Waals surface area contributed by atoms with Gasteiger partial charge >= 0.3 is 0 Å². The van der Waals surface area contributed by atoms with E-state index in [-0.39, 0.29) is 24.0 Å². The summed E-state index contributed by atoms with van der Waals surface area (Å²) in [6.07, 6.45) is 0.232. The topological polar surface area (TPSA) is 50.4 Å². The van der Waals surface area contributed by atoms with Gasteiger partial charge in [0.25, 0.3) is 0 Å². The van der Waals surface area contributed by atoms with E-state index in [1.165, 1.54) is 0 Å². The average molecular weight is 200 g/mol. The second-order valence-electron chi connectivity index (χ2n) is 4.93. The minimum Gasteiger partial charge on any atom is -0.366 e. The Hall–Kier alpha value is -0.610. The molecule has 0 aliphatic carbocycles. The molecule has 1 rings (SSSR count). The Morgan fingerprint density at radius 3 is 2.57 bits per heavy atom. The van der Waals surface area contributed by atoms with E-state index in [0.717, 1.165) is 13.1 Å². The molecular weight excluding hydrogens is 180 g/mol.